The van der Waals surface area contributed by atoms with Crippen LogP contribution in [0.1, 0.15) is 34.1 Å². The molecule has 0 aromatic carbocycles. The summed E-state index contributed by atoms with van der Waals surface area (Å²) in [6, 6.07) is 0. The van der Waals surface area contributed by atoms with Crippen LogP contribution in [0.2, 0.25) is 0 Å². The molecule has 0 aromatic heterocycles. The first-order chi connectivity index (χ1) is 5.60. The zero-order valence-corrected chi connectivity index (χ0v) is 9.73. The summed E-state index contributed by atoms with van der Waals surface area (Å²) >= 11 is 0. The number of hydrogen-bond acceptors (Lipinski definition) is 3. The van der Waals surface area contributed by atoms with Crippen molar-refractivity contribution in [2.45, 2.75) is 39.4 Å². The lowest BCUT2D eigenvalue weighted by Gasteiger charge is -2.22. The number of carbonyl (C=O) groups is 1. The molecule has 13 heavy (non-hydrogen) atoms. The topological polar surface area (TPSA) is 51.2 Å². The fourth-order valence-electron chi connectivity index (χ4n) is 1.17. The Labute approximate surface area is 80.4 Å². The second kappa shape index (κ2) is 3.78. The molecule has 0 unspecified atom stereocenters. The molecule has 0 bridgehead atoms. The predicted molar refractivity (Wildman–Crippen MR) is 53.4 cm³/mol. The minimum atomic E-state index is -3.25. The maximum absolute atomic E-state index is 11.7. The van der Waals surface area contributed by atoms with Gasteiger partial charge in [-0.15, -0.1) is 0 Å². The van der Waals surface area contributed by atoms with Gasteiger partial charge in [0.25, 0.3) is 0 Å². The Morgan fingerprint density at radius 3 is 1.77 bits per heavy atom. The van der Waals surface area contributed by atoms with Crippen LogP contribution >= 0.6 is 0 Å². The van der Waals surface area contributed by atoms with Gasteiger partial charge in [-0.25, -0.2) is 8.42 Å². The van der Waals surface area contributed by atoms with E-state index < -0.39 is 20.5 Å². The van der Waals surface area contributed by atoms with Crippen molar-refractivity contribution in [3.05, 3.63) is 0 Å². The quantitative estimate of drug-likeness (QED) is 0.701. The van der Waals surface area contributed by atoms with Gasteiger partial charge in [0.1, 0.15) is 5.25 Å². The fraction of sp³-hybridized carbons (Fsp3) is 0.889. The van der Waals surface area contributed by atoms with Crippen molar-refractivity contribution in [1.82, 2.24) is 0 Å². The second-order valence-electron chi connectivity index (χ2n) is 4.34. The Morgan fingerprint density at radius 1 is 1.31 bits per heavy atom. The zero-order valence-electron chi connectivity index (χ0n) is 8.92. The second-order valence-corrected chi connectivity index (χ2v) is 6.57. The highest BCUT2D eigenvalue weighted by Gasteiger charge is 2.34. The van der Waals surface area contributed by atoms with E-state index in [1.54, 1.807) is 27.7 Å². The maximum atomic E-state index is 11.7. The van der Waals surface area contributed by atoms with Crippen molar-refractivity contribution < 1.29 is 13.2 Å². The number of hydrogen-bond donors (Lipinski definition) is 0. The largest absolute Gasteiger partial charge is 0.298 e. The summed E-state index contributed by atoms with van der Waals surface area (Å²) in [6.45, 7) is 6.94. The monoisotopic (exact) mass is 206 g/mol. The van der Waals surface area contributed by atoms with E-state index in [0.717, 1.165) is 6.26 Å². The fourth-order valence-corrected chi connectivity index (χ4v) is 2.51. The van der Waals surface area contributed by atoms with E-state index in [1.807, 2.05) is 0 Å². The van der Waals surface area contributed by atoms with Gasteiger partial charge in [0.2, 0.25) is 0 Å². The third kappa shape index (κ3) is 3.46. The van der Waals surface area contributed by atoms with Crippen LogP contribution in [-0.2, 0) is 14.6 Å². The van der Waals surface area contributed by atoms with Gasteiger partial charge in [0, 0.05) is 11.7 Å². The van der Waals surface area contributed by atoms with E-state index in [0.29, 0.717) is 6.42 Å². The summed E-state index contributed by atoms with van der Waals surface area (Å²) in [5.74, 6) is -0.197. The van der Waals surface area contributed by atoms with Gasteiger partial charge >= 0.3 is 0 Å². The molecule has 4 heteroatoms. The molecule has 0 amide bonds. The molecular weight excluding hydrogens is 188 g/mol. The van der Waals surface area contributed by atoms with Gasteiger partial charge < -0.3 is 0 Å². The molecule has 0 radical (unpaired) electrons. The number of carbonyl (C=O) groups excluding carboxylic acids is 1. The first kappa shape index (κ1) is 12.6. The highest BCUT2D eigenvalue weighted by Crippen LogP contribution is 2.21. The molecule has 78 valence electrons. The lowest BCUT2D eigenvalue weighted by atomic mass is 9.88. The predicted octanol–water partition coefficient (Wildman–Crippen LogP) is 1.42. The standard InChI is InChI=1S/C9H18O3S/c1-6-7(13(5,11)12)8(10)9(2,3)4/h7H,6H2,1-5H3/t7-/m1/s1. The van der Waals surface area contributed by atoms with Crippen LogP contribution in [0.3, 0.4) is 0 Å². The van der Waals surface area contributed by atoms with E-state index in [1.165, 1.54) is 0 Å². The third-order valence-electron chi connectivity index (χ3n) is 1.92. The van der Waals surface area contributed by atoms with Crippen molar-refractivity contribution in [1.29, 1.82) is 0 Å². The molecule has 0 aliphatic carbocycles. The van der Waals surface area contributed by atoms with Crippen LogP contribution in [0.25, 0.3) is 0 Å². The number of Topliss-reactive ketones (excluding diaryl/α,β-unsaturated/α-hetero) is 1. The molecule has 0 fully saturated rings. The maximum Gasteiger partial charge on any atom is 0.157 e. The Hall–Kier alpha value is -0.380. The van der Waals surface area contributed by atoms with Crippen molar-refractivity contribution in [3.8, 4) is 0 Å². The van der Waals surface area contributed by atoms with Crippen LogP contribution in [0.5, 0.6) is 0 Å². The minimum absolute atomic E-state index is 0.197. The molecule has 0 aromatic rings. The van der Waals surface area contributed by atoms with Gasteiger partial charge in [0.05, 0.1) is 0 Å². The molecule has 0 saturated heterocycles. The van der Waals surface area contributed by atoms with E-state index in [4.69, 9.17) is 0 Å². The molecule has 0 saturated carbocycles. The summed E-state index contributed by atoms with van der Waals surface area (Å²) in [7, 11) is -3.25. The van der Waals surface area contributed by atoms with Gasteiger partial charge in [-0.05, 0) is 6.42 Å². The van der Waals surface area contributed by atoms with Crippen LogP contribution in [0.15, 0.2) is 0 Å². The molecule has 0 rings (SSSR count). The van der Waals surface area contributed by atoms with Gasteiger partial charge in [-0.2, -0.15) is 0 Å². The van der Waals surface area contributed by atoms with Crippen molar-refractivity contribution in [2.75, 3.05) is 6.26 Å². The van der Waals surface area contributed by atoms with E-state index in [-0.39, 0.29) is 5.78 Å². The van der Waals surface area contributed by atoms with Crippen LogP contribution < -0.4 is 0 Å². The highest BCUT2D eigenvalue weighted by atomic mass is 32.2. The molecule has 1 atom stereocenters. The van der Waals surface area contributed by atoms with E-state index in [2.05, 4.69) is 0 Å². The summed E-state index contributed by atoms with van der Waals surface area (Å²) in [4.78, 5) is 11.7. The smallest absolute Gasteiger partial charge is 0.157 e. The molecule has 0 heterocycles. The summed E-state index contributed by atoms with van der Waals surface area (Å²) in [5, 5.41) is -0.840. The Morgan fingerprint density at radius 2 is 1.69 bits per heavy atom. The van der Waals surface area contributed by atoms with E-state index >= 15 is 0 Å². The molecule has 0 aliphatic rings. The molecule has 0 aliphatic heterocycles. The Bertz CT molecular complexity index is 282. The Balaban J connectivity index is 4.94. The number of ketones is 1. The summed E-state index contributed by atoms with van der Waals surface area (Å²) < 4.78 is 22.5. The number of rotatable bonds is 3. The first-order valence-corrected chi connectivity index (χ1v) is 6.29. The average molecular weight is 206 g/mol. The third-order valence-corrected chi connectivity index (χ3v) is 3.50. The van der Waals surface area contributed by atoms with Crippen molar-refractivity contribution in [3.63, 3.8) is 0 Å². The van der Waals surface area contributed by atoms with Gasteiger partial charge in [-0.1, -0.05) is 27.7 Å². The highest BCUT2D eigenvalue weighted by molar-refractivity contribution is 7.92. The first-order valence-electron chi connectivity index (χ1n) is 4.34. The summed E-state index contributed by atoms with van der Waals surface area (Å²) in [5.41, 5.74) is -0.580. The number of sulfone groups is 1. The van der Waals surface area contributed by atoms with Crippen molar-refractivity contribution >= 4 is 15.6 Å². The molecule has 0 N–H and O–H groups in total. The van der Waals surface area contributed by atoms with E-state index in [9.17, 15) is 13.2 Å². The zero-order chi connectivity index (χ0) is 10.9. The van der Waals surface area contributed by atoms with Crippen molar-refractivity contribution in [2.24, 2.45) is 5.41 Å². The van der Waals surface area contributed by atoms with Crippen LogP contribution in [0.4, 0.5) is 0 Å². The van der Waals surface area contributed by atoms with Gasteiger partial charge in [-0.3, -0.25) is 4.79 Å². The lowest BCUT2D eigenvalue weighted by Crippen LogP contribution is -2.37. The van der Waals surface area contributed by atoms with Crippen LogP contribution in [0, 0.1) is 5.41 Å². The molecule has 3 nitrogen and oxygen atoms in total. The molecule has 0 spiro atoms. The molecular formula is C9H18O3S. The van der Waals surface area contributed by atoms with Gasteiger partial charge in [0.15, 0.2) is 15.6 Å². The SMILES string of the molecule is CC[C@H](C(=O)C(C)(C)C)S(C)(=O)=O. The summed E-state index contributed by atoms with van der Waals surface area (Å²) in [6.07, 6.45) is 1.47. The normalized spacial score (nSPS) is 15.5. The minimum Gasteiger partial charge on any atom is -0.298 e. The average Bonchev–Trinajstić information content (AvgIpc) is 1.83. The Kier molecular flexibility index (Phi) is 3.67. The lowest BCUT2D eigenvalue weighted by molar-refractivity contribution is -0.125. The van der Waals surface area contributed by atoms with Crippen LogP contribution in [-0.4, -0.2) is 25.7 Å².